The molecule has 1 N–H and O–H groups in total. The van der Waals surface area contributed by atoms with E-state index in [1.807, 2.05) is 35.2 Å². The van der Waals surface area contributed by atoms with Crippen LogP contribution in [0.3, 0.4) is 0 Å². The van der Waals surface area contributed by atoms with Gasteiger partial charge in [0.1, 0.15) is 6.04 Å². The van der Waals surface area contributed by atoms with Crippen LogP contribution in [0, 0.1) is 0 Å². The maximum atomic E-state index is 12.1. The Morgan fingerprint density at radius 3 is 2.52 bits per heavy atom. The topological polar surface area (TPSA) is 69.7 Å². The van der Waals surface area contributed by atoms with Crippen LogP contribution in [0.2, 0.25) is 0 Å². The number of nitrogens with one attached hydrogen (secondary N) is 1. The molecule has 2 rings (SSSR count). The van der Waals surface area contributed by atoms with E-state index in [0.29, 0.717) is 19.6 Å². The molecule has 1 amide bonds. The lowest BCUT2D eigenvalue weighted by atomic mass is 10.1. The number of carbonyl (C=O) groups is 1. The molecule has 1 saturated heterocycles. The van der Waals surface area contributed by atoms with E-state index in [4.69, 9.17) is 0 Å². The first-order valence-electron chi connectivity index (χ1n) is 6.86. The number of nitrogens with zero attached hydrogens (tertiary/aromatic N) is 2. The average Bonchev–Trinajstić information content (AvgIpc) is 2.47. The summed E-state index contributed by atoms with van der Waals surface area (Å²) in [5.41, 5.74) is 1.11. The monoisotopic (exact) mass is 311 g/mol. The Labute approximate surface area is 125 Å². The number of carbonyl (C=O) groups excluding carboxylic acids is 1. The lowest BCUT2D eigenvalue weighted by molar-refractivity contribution is -0.127. The summed E-state index contributed by atoms with van der Waals surface area (Å²) in [5.74, 6) is -0.153. The van der Waals surface area contributed by atoms with Crippen LogP contribution < -0.4 is 5.32 Å². The highest BCUT2D eigenvalue weighted by Gasteiger charge is 2.35. The lowest BCUT2D eigenvalue weighted by Crippen LogP contribution is -2.59. The molecule has 0 aliphatic carbocycles. The summed E-state index contributed by atoms with van der Waals surface area (Å²) in [5, 5.41) is 2.62. The van der Waals surface area contributed by atoms with Crippen LogP contribution in [0.25, 0.3) is 0 Å². The Morgan fingerprint density at radius 2 is 1.95 bits per heavy atom. The van der Waals surface area contributed by atoms with Crippen LogP contribution in [0.5, 0.6) is 0 Å². The number of hydrogen-bond acceptors (Lipinski definition) is 4. The predicted molar refractivity (Wildman–Crippen MR) is 81.1 cm³/mol. The zero-order valence-electron chi connectivity index (χ0n) is 12.3. The van der Waals surface area contributed by atoms with E-state index >= 15 is 0 Å². The van der Waals surface area contributed by atoms with Crippen molar-refractivity contribution in [3.63, 3.8) is 0 Å². The van der Waals surface area contributed by atoms with Gasteiger partial charge in [0.2, 0.25) is 15.9 Å². The number of sulfonamides is 1. The van der Waals surface area contributed by atoms with E-state index in [0.717, 1.165) is 5.56 Å². The molecule has 1 aliphatic rings. The maximum Gasteiger partial charge on any atom is 0.238 e. The minimum atomic E-state index is -3.27. The van der Waals surface area contributed by atoms with Crippen LogP contribution in [-0.4, -0.2) is 62.5 Å². The maximum absolute atomic E-state index is 12.1. The summed E-state index contributed by atoms with van der Waals surface area (Å²) in [6.07, 6.45) is 1.18. The molecule has 0 aromatic heterocycles. The molecule has 1 aliphatic heterocycles. The Balaban J connectivity index is 2.15. The summed E-state index contributed by atoms with van der Waals surface area (Å²) in [4.78, 5) is 14.1. The van der Waals surface area contributed by atoms with Crippen LogP contribution in [0.15, 0.2) is 30.3 Å². The molecule has 0 saturated carbocycles. The van der Waals surface area contributed by atoms with E-state index in [9.17, 15) is 13.2 Å². The Bertz CT molecular complexity index is 589. The number of benzene rings is 1. The number of hydrogen-bond donors (Lipinski definition) is 1. The minimum Gasteiger partial charge on any atom is -0.358 e. The molecular formula is C14H21N3O3S. The molecule has 1 fully saturated rings. The van der Waals surface area contributed by atoms with E-state index in [-0.39, 0.29) is 12.5 Å². The first-order valence-corrected chi connectivity index (χ1v) is 8.71. The van der Waals surface area contributed by atoms with Crippen LogP contribution >= 0.6 is 0 Å². The molecule has 6 nitrogen and oxygen atoms in total. The molecule has 1 heterocycles. The highest BCUT2D eigenvalue weighted by Crippen LogP contribution is 2.16. The van der Waals surface area contributed by atoms with Gasteiger partial charge in [0, 0.05) is 33.2 Å². The van der Waals surface area contributed by atoms with Gasteiger partial charge >= 0.3 is 0 Å². The number of piperazine rings is 1. The second-order valence-corrected chi connectivity index (χ2v) is 7.19. The summed E-state index contributed by atoms with van der Waals surface area (Å²) in [6, 6.07) is 9.40. The van der Waals surface area contributed by atoms with Gasteiger partial charge in [-0.25, -0.2) is 8.42 Å². The van der Waals surface area contributed by atoms with E-state index in [1.165, 1.54) is 10.6 Å². The van der Waals surface area contributed by atoms with Gasteiger partial charge < -0.3 is 5.32 Å². The molecule has 1 aromatic carbocycles. The third-order valence-corrected chi connectivity index (χ3v) is 4.97. The quantitative estimate of drug-likeness (QED) is 0.841. The zero-order chi connectivity index (χ0) is 15.5. The first kappa shape index (κ1) is 15.9. The fourth-order valence-electron chi connectivity index (χ4n) is 2.52. The third-order valence-electron chi connectivity index (χ3n) is 3.70. The van der Waals surface area contributed by atoms with Gasteiger partial charge in [-0.05, 0) is 5.56 Å². The SMILES string of the molecule is CNC(=O)C1CN(S(C)(=O)=O)CCN1Cc1ccccc1. The number of rotatable bonds is 4. The number of likely N-dealkylation sites (N-methyl/N-ethyl adjacent to an activating group) is 1. The zero-order valence-corrected chi connectivity index (χ0v) is 13.1. The van der Waals surface area contributed by atoms with Crippen LogP contribution in [0.4, 0.5) is 0 Å². The van der Waals surface area contributed by atoms with Crippen molar-refractivity contribution in [1.82, 2.24) is 14.5 Å². The van der Waals surface area contributed by atoms with Crippen molar-refractivity contribution < 1.29 is 13.2 Å². The van der Waals surface area contributed by atoms with Crippen LogP contribution in [-0.2, 0) is 21.4 Å². The predicted octanol–water partition coefficient (Wildman–Crippen LogP) is -0.122. The molecular weight excluding hydrogens is 290 g/mol. The smallest absolute Gasteiger partial charge is 0.238 e. The summed E-state index contributed by atoms with van der Waals surface area (Å²) in [6.45, 7) is 1.79. The highest BCUT2D eigenvalue weighted by molar-refractivity contribution is 7.88. The largest absolute Gasteiger partial charge is 0.358 e. The fourth-order valence-corrected chi connectivity index (χ4v) is 3.34. The minimum absolute atomic E-state index is 0.153. The molecule has 21 heavy (non-hydrogen) atoms. The second kappa shape index (κ2) is 6.55. The van der Waals surface area contributed by atoms with Gasteiger partial charge in [-0.2, -0.15) is 4.31 Å². The first-order chi connectivity index (χ1) is 9.91. The van der Waals surface area contributed by atoms with Gasteiger partial charge in [0.15, 0.2) is 0 Å². The molecule has 1 atom stereocenters. The highest BCUT2D eigenvalue weighted by atomic mass is 32.2. The Hall–Kier alpha value is -1.44. The van der Waals surface area contributed by atoms with Crippen molar-refractivity contribution in [2.75, 3.05) is 32.9 Å². The van der Waals surface area contributed by atoms with Crippen LogP contribution in [0.1, 0.15) is 5.56 Å². The second-order valence-electron chi connectivity index (χ2n) is 5.21. The normalized spacial score (nSPS) is 21.1. The molecule has 0 bridgehead atoms. The average molecular weight is 311 g/mol. The molecule has 116 valence electrons. The summed E-state index contributed by atoms with van der Waals surface area (Å²) in [7, 11) is -1.70. The third kappa shape index (κ3) is 4.03. The Kier molecular flexibility index (Phi) is 4.97. The van der Waals surface area contributed by atoms with Gasteiger partial charge in [-0.1, -0.05) is 30.3 Å². The van der Waals surface area contributed by atoms with Crippen molar-refractivity contribution in [2.45, 2.75) is 12.6 Å². The van der Waals surface area contributed by atoms with Crippen molar-refractivity contribution in [3.05, 3.63) is 35.9 Å². The molecule has 0 spiro atoms. The van der Waals surface area contributed by atoms with Gasteiger partial charge in [0.05, 0.1) is 6.26 Å². The standard InChI is InChI=1S/C14H21N3O3S/c1-15-14(18)13-11-17(21(2,19)20)9-8-16(13)10-12-6-4-3-5-7-12/h3-7,13H,8-11H2,1-2H3,(H,15,18). The van der Waals surface area contributed by atoms with E-state index in [1.54, 1.807) is 7.05 Å². The van der Waals surface area contributed by atoms with Crippen molar-refractivity contribution >= 4 is 15.9 Å². The summed E-state index contributed by atoms with van der Waals surface area (Å²) >= 11 is 0. The van der Waals surface area contributed by atoms with Gasteiger partial charge in [-0.15, -0.1) is 0 Å². The van der Waals surface area contributed by atoms with Crippen molar-refractivity contribution in [2.24, 2.45) is 0 Å². The summed E-state index contributed by atoms with van der Waals surface area (Å²) < 4.78 is 24.7. The van der Waals surface area contributed by atoms with Crippen molar-refractivity contribution in [1.29, 1.82) is 0 Å². The lowest BCUT2D eigenvalue weighted by Gasteiger charge is -2.39. The van der Waals surface area contributed by atoms with Gasteiger partial charge in [-0.3, -0.25) is 9.69 Å². The number of amides is 1. The fraction of sp³-hybridized carbons (Fsp3) is 0.500. The Morgan fingerprint density at radius 1 is 1.29 bits per heavy atom. The van der Waals surface area contributed by atoms with E-state index in [2.05, 4.69) is 5.32 Å². The molecule has 0 radical (unpaired) electrons. The molecule has 7 heteroatoms. The molecule has 1 aromatic rings. The molecule has 1 unspecified atom stereocenters. The van der Waals surface area contributed by atoms with Gasteiger partial charge in [0.25, 0.3) is 0 Å². The van der Waals surface area contributed by atoms with E-state index < -0.39 is 16.1 Å². The van der Waals surface area contributed by atoms with Crippen molar-refractivity contribution in [3.8, 4) is 0 Å².